The van der Waals surface area contributed by atoms with Gasteiger partial charge in [-0.2, -0.15) is 0 Å². The van der Waals surface area contributed by atoms with Gasteiger partial charge >= 0.3 is 5.97 Å². The first-order valence-corrected chi connectivity index (χ1v) is 7.14. The van der Waals surface area contributed by atoms with Crippen molar-refractivity contribution in [3.63, 3.8) is 0 Å². The second-order valence-corrected chi connectivity index (χ2v) is 5.44. The van der Waals surface area contributed by atoms with Crippen LogP contribution in [0.4, 0.5) is 0 Å². The maximum Gasteiger partial charge on any atom is 0.326 e. The maximum atomic E-state index is 12.3. The van der Waals surface area contributed by atoms with Gasteiger partial charge in [-0.05, 0) is 59.7 Å². The van der Waals surface area contributed by atoms with Crippen LogP contribution in [-0.4, -0.2) is 49.7 Å². The monoisotopic (exact) mass is 256 g/mol. The number of carbonyl (C=O) groups is 1. The fraction of sp³-hybridized carbons (Fsp3) is 0.929. The molecule has 0 aromatic rings. The van der Waals surface area contributed by atoms with Gasteiger partial charge in [0, 0.05) is 6.04 Å². The normalized spacial score (nSPS) is 28.4. The first kappa shape index (κ1) is 15.4. The van der Waals surface area contributed by atoms with Crippen molar-refractivity contribution < 1.29 is 9.53 Å². The molecule has 0 amide bonds. The minimum absolute atomic E-state index is 0.0648. The van der Waals surface area contributed by atoms with Gasteiger partial charge in [0.2, 0.25) is 0 Å². The number of nitrogens with zero attached hydrogens (tertiary/aromatic N) is 1. The smallest absolute Gasteiger partial charge is 0.326 e. The lowest BCUT2D eigenvalue weighted by Crippen LogP contribution is -2.58. The predicted octanol–water partition coefficient (Wildman–Crippen LogP) is 1.79. The summed E-state index contributed by atoms with van der Waals surface area (Å²) in [5.41, 5.74) is -0.459. The summed E-state index contributed by atoms with van der Waals surface area (Å²) in [7, 11) is 4.18. The third-order valence-electron chi connectivity index (χ3n) is 3.83. The van der Waals surface area contributed by atoms with E-state index in [0.29, 0.717) is 12.6 Å². The second kappa shape index (κ2) is 7.10. The number of nitrogens with one attached hydrogen (secondary N) is 1. The molecule has 0 saturated heterocycles. The van der Waals surface area contributed by atoms with Crippen molar-refractivity contribution >= 4 is 5.97 Å². The van der Waals surface area contributed by atoms with E-state index in [4.69, 9.17) is 4.74 Å². The molecule has 2 atom stereocenters. The van der Waals surface area contributed by atoms with E-state index < -0.39 is 5.54 Å². The van der Waals surface area contributed by atoms with Gasteiger partial charge in [0.05, 0.1) is 6.61 Å². The van der Waals surface area contributed by atoms with Crippen LogP contribution >= 0.6 is 0 Å². The van der Waals surface area contributed by atoms with Crippen LogP contribution in [0.1, 0.15) is 46.0 Å². The van der Waals surface area contributed by atoms with E-state index in [1.54, 1.807) is 0 Å². The number of carbonyl (C=O) groups excluding carboxylic acids is 1. The third kappa shape index (κ3) is 3.69. The summed E-state index contributed by atoms with van der Waals surface area (Å²) in [5.74, 6) is -0.0648. The highest BCUT2D eigenvalue weighted by Gasteiger charge is 2.43. The Morgan fingerprint density at radius 1 is 1.44 bits per heavy atom. The zero-order chi connectivity index (χ0) is 13.6. The summed E-state index contributed by atoms with van der Waals surface area (Å²) in [6.45, 7) is 5.33. The molecule has 0 bridgehead atoms. The molecule has 1 aliphatic carbocycles. The zero-order valence-electron chi connectivity index (χ0n) is 12.3. The highest BCUT2D eigenvalue weighted by molar-refractivity contribution is 5.81. The van der Waals surface area contributed by atoms with E-state index in [2.05, 4.69) is 31.2 Å². The average Bonchev–Trinajstić information content (AvgIpc) is 2.37. The molecule has 0 aliphatic heterocycles. The molecule has 1 rings (SSSR count). The van der Waals surface area contributed by atoms with Gasteiger partial charge in [0.25, 0.3) is 0 Å². The fourth-order valence-electron chi connectivity index (χ4n) is 2.74. The Bertz CT molecular complexity index is 269. The van der Waals surface area contributed by atoms with Crippen molar-refractivity contribution in [2.45, 2.75) is 57.5 Å². The van der Waals surface area contributed by atoms with Crippen LogP contribution < -0.4 is 5.32 Å². The molecule has 4 heteroatoms. The van der Waals surface area contributed by atoms with Crippen LogP contribution in [0.25, 0.3) is 0 Å². The van der Waals surface area contributed by atoms with Crippen molar-refractivity contribution in [2.24, 2.45) is 0 Å². The maximum absolute atomic E-state index is 12.3. The molecule has 106 valence electrons. The number of esters is 1. The second-order valence-electron chi connectivity index (χ2n) is 5.44. The number of hydrogen-bond donors (Lipinski definition) is 1. The Labute approximate surface area is 111 Å². The molecule has 1 N–H and O–H groups in total. The van der Waals surface area contributed by atoms with Crippen molar-refractivity contribution in [3.8, 4) is 0 Å². The van der Waals surface area contributed by atoms with E-state index in [1.807, 2.05) is 6.92 Å². The van der Waals surface area contributed by atoms with E-state index in [0.717, 1.165) is 32.2 Å². The predicted molar refractivity (Wildman–Crippen MR) is 73.6 cm³/mol. The number of ether oxygens (including phenoxy) is 1. The molecule has 1 aliphatic rings. The Hall–Kier alpha value is -0.610. The van der Waals surface area contributed by atoms with E-state index in [9.17, 15) is 4.79 Å². The first-order chi connectivity index (χ1) is 8.55. The molecule has 1 fully saturated rings. The van der Waals surface area contributed by atoms with Crippen LogP contribution in [0.2, 0.25) is 0 Å². The molecule has 1 saturated carbocycles. The molecule has 2 unspecified atom stereocenters. The lowest BCUT2D eigenvalue weighted by atomic mass is 9.78. The fourth-order valence-corrected chi connectivity index (χ4v) is 2.74. The zero-order valence-corrected chi connectivity index (χ0v) is 12.3. The van der Waals surface area contributed by atoms with Crippen molar-refractivity contribution in [3.05, 3.63) is 0 Å². The van der Waals surface area contributed by atoms with Gasteiger partial charge < -0.3 is 15.0 Å². The summed E-state index contributed by atoms with van der Waals surface area (Å²) >= 11 is 0. The summed E-state index contributed by atoms with van der Waals surface area (Å²) < 4.78 is 5.29. The standard InChI is InChI=1S/C14H28N2O2/c1-5-10-15-14(13(17)18-6-2)9-7-8-12(11-14)16(3)4/h12,15H,5-11H2,1-4H3. The highest BCUT2D eigenvalue weighted by Crippen LogP contribution is 2.31. The molecular formula is C14H28N2O2. The van der Waals surface area contributed by atoms with Crippen LogP contribution in [0.5, 0.6) is 0 Å². The summed E-state index contributed by atoms with van der Waals surface area (Å²) in [5, 5.41) is 3.45. The van der Waals surface area contributed by atoms with Crippen LogP contribution in [-0.2, 0) is 9.53 Å². The van der Waals surface area contributed by atoms with E-state index >= 15 is 0 Å². The summed E-state index contributed by atoms with van der Waals surface area (Å²) in [6, 6.07) is 0.465. The third-order valence-corrected chi connectivity index (χ3v) is 3.83. The van der Waals surface area contributed by atoms with Gasteiger partial charge in [-0.1, -0.05) is 6.92 Å². The molecular weight excluding hydrogens is 228 g/mol. The number of hydrogen-bond acceptors (Lipinski definition) is 4. The molecule has 4 nitrogen and oxygen atoms in total. The minimum Gasteiger partial charge on any atom is -0.465 e. The molecule has 0 aromatic carbocycles. The van der Waals surface area contributed by atoms with Crippen LogP contribution in [0, 0.1) is 0 Å². The highest BCUT2D eigenvalue weighted by atomic mass is 16.5. The minimum atomic E-state index is -0.459. The topological polar surface area (TPSA) is 41.6 Å². The van der Waals surface area contributed by atoms with E-state index in [-0.39, 0.29) is 5.97 Å². The van der Waals surface area contributed by atoms with Gasteiger partial charge in [-0.25, -0.2) is 0 Å². The Balaban J connectivity index is 2.78. The Kier molecular flexibility index (Phi) is 6.09. The first-order valence-electron chi connectivity index (χ1n) is 7.14. The number of rotatable bonds is 6. The SMILES string of the molecule is CCCNC1(C(=O)OCC)CCCC(N(C)C)C1. The largest absolute Gasteiger partial charge is 0.465 e. The molecule has 0 aromatic heterocycles. The van der Waals surface area contributed by atoms with Gasteiger partial charge in [-0.3, -0.25) is 4.79 Å². The molecule has 0 radical (unpaired) electrons. The van der Waals surface area contributed by atoms with Crippen molar-refractivity contribution in [1.82, 2.24) is 10.2 Å². The molecule has 0 heterocycles. The summed E-state index contributed by atoms with van der Waals surface area (Å²) in [6.07, 6.45) is 5.04. The quantitative estimate of drug-likeness (QED) is 0.736. The average molecular weight is 256 g/mol. The molecule has 18 heavy (non-hydrogen) atoms. The Morgan fingerprint density at radius 2 is 2.17 bits per heavy atom. The summed E-state index contributed by atoms with van der Waals surface area (Å²) in [4.78, 5) is 14.5. The van der Waals surface area contributed by atoms with Crippen LogP contribution in [0.15, 0.2) is 0 Å². The van der Waals surface area contributed by atoms with Gasteiger partial charge in [0.1, 0.15) is 5.54 Å². The van der Waals surface area contributed by atoms with Crippen LogP contribution in [0.3, 0.4) is 0 Å². The van der Waals surface area contributed by atoms with E-state index in [1.165, 1.54) is 6.42 Å². The van der Waals surface area contributed by atoms with Crippen molar-refractivity contribution in [1.29, 1.82) is 0 Å². The lowest BCUT2D eigenvalue weighted by molar-refractivity contribution is -0.153. The van der Waals surface area contributed by atoms with Crippen molar-refractivity contribution in [2.75, 3.05) is 27.2 Å². The Morgan fingerprint density at radius 3 is 2.72 bits per heavy atom. The van der Waals surface area contributed by atoms with Gasteiger partial charge in [-0.15, -0.1) is 0 Å². The van der Waals surface area contributed by atoms with Gasteiger partial charge in [0.15, 0.2) is 0 Å². The lowest BCUT2D eigenvalue weighted by Gasteiger charge is -2.41. The molecule has 0 spiro atoms.